The second-order valence-electron chi connectivity index (χ2n) is 5.23. The number of nitriles is 1. The smallest absolute Gasteiger partial charge is 0.244 e. The topological polar surface area (TPSA) is 87.7 Å². The summed E-state index contributed by atoms with van der Waals surface area (Å²) in [4.78, 5) is 0. The molecule has 0 saturated carbocycles. The third-order valence-corrected chi connectivity index (χ3v) is 4.47. The molecule has 5 nitrogen and oxygen atoms in total. The summed E-state index contributed by atoms with van der Waals surface area (Å²) < 4.78 is 5.50. The largest absolute Gasteiger partial charge is 0.420 e. The fraction of sp³-hybridized carbons (Fsp3) is 0.250. The number of halogens is 2. The van der Waals surface area contributed by atoms with Crippen LogP contribution >= 0.6 is 23.2 Å². The molecule has 0 spiro atoms. The highest BCUT2D eigenvalue weighted by molar-refractivity contribution is 6.36. The Kier molecular flexibility index (Phi) is 4.20. The summed E-state index contributed by atoms with van der Waals surface area (Å²) in [5.41, 5.74) is 8.49. The van der Waals surface area contributed by atoms with Gasteiger partial charge >= 0.3 is 0 Å². The first-order chi connectivity index (χ1) is 11.1. The van der Waals surface area contributed by atoms with Crippen molar-refractivity contribution in [1.82, 2.24) is 10.2 Å². The zero-order valence-corrected chi connectivity index (χ0v) is 13.9. The van der Waals surface area contributed by atoms with Crippen molar-refractivity contribution < 1.29 is 4.74 Å². The van der Waals surface area contributed by atoms with E-state index in [-0.39, 0.29) is 11.5 Å². The SMILES string of the molecule is CCCc1[nH]nc2c1[C@H](c1c(Cl)cccc1Cl)C(C#N)=C(N)O2. The molecule has 1 atom stereocenters. The van der Waals surface area contributed by atoms with Gasteiger partial charge < -0.3 is 10.5 Å². The molecule has 1 aliphatic rings. The molecule has 0 aliphatic carbocycles. The van der Waals surface area contributed by atoms with Crippen LogP contribution in [0.5, 0.6) is 5.88 Å². The lowest BCUT2D eigenvalue weighted by atomic mass is 9.83. The first-order valence-electron chi connectivity index (χ1n) is 7.17. The molecule has 0 unspecified atom stereocenters. The molecule has 3 N–H and O–H groups in total. The van der Waals surface area contributed by atoms with Crippen molar-refractivity contribution in [2.75, 3.05) is 0 Å². The van der Waals surface area contributed by atoms with Crippen LogP contribution in [0.15, 0.2) is 29.7 Å². The fourth-order valence-corrected chi connectivity index (χ4v) is 3.44. The maximum Gasteiger partial charge on any atom is 0.244 e. The van der Waals surface area contributed by atoms with Crippen molar-refractivity contribution in [3.63, 3.8) is 0 Å². The Balaban J connectivity index is 2.29. The van der Waals surface area contributed by atoms with Gasteiger partial charge in [0.05, 0.1) is 11.5 Å². The first-order valence-corrected chi connectivity index (χ1v) is 7.92. The molecule has 2 heterocycles. The van der Waals surface area contributed by atoms with Gasteiger partial charge in [-0.2, -0.15) is 5.26 Å². The average Bonchev–Trinajstić information content (AvgIpc) is 2.90. The van der Waals surface area contributed by atoms with Crippen molar-refractivity contribution in [3.8, 4) is 11.9 Å². The van der Waals surface area contributed by atoms with Crippen molar-refractivity contribution in [2.45, 2.75) is 25.7 Å². The first kappa shape index (κ1) is 15.7. The number of aromatic amines is 1. The van der Waals surface area contributed by atoms with E-state index >= 15 is 0 Å². The van der Waals surface area contributed by atoms with Crippen LogP contribution in [0.25, 0.3) is 0 Å². The van der Waals surface area contributed by atoms with E-state index in [1.807, 2.05) is 0 Å². The Morgan fingerprint density at radius 3 is 2.65 bits per heavy atom. The van der Waals surface area contributed by atoms with Gasteiger partial charge in [0.25, 0.3) is 0 Å². The van der Waals surface area contributed by atoms with Crippen LogP contribution < -0.4 is 10.5 Å². The summed E-state index contributed by atoms with van der Waals surface area (Å²) in [6.45, 7) is 2.06. The third kappa shape index (κ3) is 2.54. The van der Waals surface area contributed by atoms with Crippen LogP contribution in [-0.4, -0.2) is 10.2 Å². The van der Waals surface area contributed by atoms with Gasteiger partial charge in [-0.25, -0.2) is 0 Å². The number of nitrogens with one attached hydrogen (secondary N) is 1. The number of rotatable bonds is 3. The summed E-state index contributed by atoms with van der Waals surface area (Å²) in [6.07, 6.45) is 1.68. The molecule has 0 saturated heterocycles. The normalized spacial score (nSPS) is 16.7. The Bertz CT molecular complexity index is 815. The molecule has 0 radical (unpaired) electrons. The maximum atomic E-state index is 9.57. The standard InChI is InChI=1S/C16H14Cl2N4O/c1-2-4-11-14-12(13-9(17)5-3-6-10(13)18)8(7-19)15(20)23-16(14)22-21-11/h3,5-6,12H,2,4,20H2,1H3,(H,21,22)/t12-/m0/s1. The van der Waals surface area contributed by atoms with E-state index in [1.54, 1.807) is 18.2 Å². The predicted molar refractivity (Wildman–Crippen MR) is 88.3 cm³/mol. The van der Waals surface area contributed by atoms with Gasteiger partial charge in [0.15, 0.2) is 0 Å². The van der Waals surface area contributed by atoms with E-state index in [4.69, 9.17) is 33.7 Å². The number of aromatic nitrogens is 2. The second-order valence-corrected chi connectivity index (χ2v) is 6.05. The number of nitrogens with two attached hydrogens (primary N) is 1. The quantitative estimate of drug-likeness (QED) is 0.880. The molecule has 7 heteroatoms. The highest BCUT2D eigenvalue weighted by atomic mass is 35.5. The lowest BCUT2D eigenvalue weighted by molar-refractivity contribution is 0.378. The van der Waals surface area contributed by atoms with E-state index in [2.05, 4.69) is 23.2 Å². The Morgan fingerprint density at radius 2 is 2.04 bits per heavy atom. The number of aryl methyl sites for hydroxylation is 1. The molecule has 0 bridgehead atoms. The van der Waals surface area contributed by atoms with E-state index < -0.39 is 5.92 Å². The number of hydrogen-bond donors (Lipinski definition) is 2. The number of benzene rings is 1. The lowest BCUT2D eigenvalue weighted by Crippen LogP contribution is -2.21. The molecule has 1 aliphatic heterocycles. The fourth-order valence-electron chi connectivity index (χ4n) is 2.82. The second kappa shape index (κ2) is 6.15. The van der Waals surface area contributed by atoms with Crippen LogP contribution in [0.4, 0.5) is 0 Å². The van der Waals surface area contributed by atoms with E-state index in [9.17, 15) is 5.26 Å². The van der Waals surface area contributed by atoms with E-state index in [0.717, 1.165) is 24.1 Å². The van der Waals surface area contributed by atoms with Crippen LogP contribution in [0.2, 0.25) is 10.0 Å². The van der Waals surface area contributed by atoms with Crippen molar-refractivity contribution in [1.29, 1.82) is 5.26 Å². The molecule has 3 rings (SSSR count). The molecule has 118 valence electrons. The van der Waals surface area contributed by atoms with Gasteiger partial charge in [-0.3, -0.25) is 5.10 Å². The highest BCUT2D eigenvalue weighted by Crippen LogP contribution is 2.47. The lowest BCUT2D eigenvalue weighted by Gasteiger charge is -2.25. The molecule has 23 heavy (non-hydrogen) atoms. The minimum atomic E-state index is -0.495. The Morgan fingerprint density at radius 1 is 1.35 bits per heavy atom. The maximum absolute atomic E-state index is 9.57. The molecule has 0 fully saturated rings. The molecule has 1 aromatic carbocycles. The van der Waals surface area contributed by atoms with Crippen LogP contribution in [0, 0.1) is 11.3 Å². The van der Waals surface area contributed by atoms with Crippen molar-refractivity contribution >= 4 is 23.2 Å². The number of ether oxygens (including phenoxy) is 1. The summed E-state index contributed by atoms with van der Waals surface area (Å²) in [7, 11) is 0. The van der Waals surface area contributed by atoms with E-state index in [0.29, 0.717) is 21.5 Å². The molecule has 1 aromatic heterocycles. The number of hydrogen-bond acceptors (Lipinski definition) is 4. The van der Waals surface area contributed by atoms with Gasteiger partial charge in [-0.15, -0.1) is 5.10 Å². The molecular weight excluding hydrogens is 335 g/mol. The number of fused-ring (bicyclic) bond motifs is 1. The number of H-pyrrole nitrogens is 1. The van der Waals surface area contributed by atoms with Crippen LogP contribution in [0.1, 0.15) is 36.1 Å². The van der Waals surface area contributed by atoms with Gasteiger partial charge in [0.2, 0.25) is 11.8 Å². The zero-order valence-electron chi connectivity index (χ0n) is 12.4. The van der Waals surface area contributed by atoms with Crippen molar-refractivity contribution in [3.05, 3.63) is 56.5 Å². The highest BCUT2D eigenvalue weighted by Gasteiger charge is 2.37. The number of nitrogens with zero attached hydrogens (tertiary/aromatic N) is 2. The minimum Gasteiger partial charge on any atom is -0.420 e. The summed E-state index contributed by atoms with van der Waals surface area (Å²) in [5, 5.41) is 17.7. The summed E-state index contributed by atoms with van der Waals surface area (Å²) in [5.74, 6) is -0.105. The minimum absolute atomic E-state index is 0.0236. The van der Waals surface area contributed by atoms with E-state index in [1.165, 1.54) is 0 Å². The van der Waals surface area contributed by atoms with Crippen molar-refractivity contribution in [2.24, 2.45) is 5.73 Å². The summed E-state index contributed by atoms with van der Waals surface area (Å²) >= 11 is 12.7. The van der Waals surface area contributed by atoms with Crippen LogP contribution in [-0.2, 0) is 6.42 Å². The Labute approximate surface area is 143 Å². The average molecular weight is 349 g/mol. The zero-order chi connectivity index (χ0) is 16.6. The molecule has 2 aromatic rings. The monoisotopic (exact) mass is 348 g/mol. The van der Waals surface area contributed by atoms with Crippen LogP contribution in [0.3, 0.4) is 0 Å². The third-order valence-electron chi connectivity index (χ3n) is 3.81. The van der Waals surface area contributed by atoms with Gasteiger partial charge in [-0.05, 0) is 18.6 Å². The summed E-state index contributed by atoms with van der Waals surface area (Å²) in [6, 6.07) is 7.36. The van der Waals surface area contributed by atoms with Gasteiger partial charge in [0, 0.05) is 21.3 Å². The van der Waals surface area contributed by atoms with Gasteiger partial charge in [0.1, 0.15) is 11.6 Å². The number of allylic oxidation sites excluding steroid dienone is 1. The molecular formula is C16H14Cl2N4O. The van der Waals surface area contributed by atoms with Gasteiger partial charge in [-0.1, -0.05) is 42.6 Å². The molecule has 0 amide bonds. The Hall–Kier alpha value is -2.16. The predicted octanol–water partition coefficient (Wildman–Crippen LogP) is 3.89.